The number of hydrogen-bond acceptors (Lipinski definition) is 7. The topological polar surface area (TPSA) is 78.4 Å². The third kappa shape index (κ3) is 5.95. The number of likely N-dealkylation sites (N-methyl/N-ethyl adjacent to an activating group) is 2. The molecule has 0 amide bonds. The molecule has 0 bridgehead atoms. The molecule has 0 radical (unpaired) electrons. The maximum absolute atomic E-state index is 9.93. The summed E-state index contributed by atoms with van der Waals surface area (Å²) in [6, 6.07) is 6.73. The van der Waals surface area contributed by atoms with Crippen LogP contribution < -0.4 is 15.4 Å². The number of aliphatic hydroxyl groups is 1. The monoisotopic (exact) mass is 402 g/mol. The van der Waals surface area contributed by atoms with Crippen LogP contribution in [-0.2, 0) is 11.2 Å². The molecule has 0 aromatic heterocycles. The van der Waals surface area contributed by atoms with Crippen LogP contribution in [-0.4, -0.2) is 75.1 Å². The molecule has 7 nitrogen and oxygen atoms in total. The van der Waals surface area contributed by atoms with Gasteiger partial charge in [-0.05, 0) is 50.1 Å². The van der Waals surface area contributed by atoms with E-state index in [0.29, 0.717) is 19.3 Å². The number of rotatable bonds is 8. The predicted octanol–water partition coefficient (Wildman–Crippen LogP) is 1.62. The third-order valence-electron chi connectivity index (χ3n) is 5.45. The van der Waals surface area contributed by atoms with Crippen molar-refractivity contribution >= 4 is 11.5 Å². The van der Waals surface area contributed by atoms with E-state index in [9.17, 15) is 5.11 Å². The van der Waals surface area contributed by atoms with Crippen molar-refractivity contribution in [1.82, 2.24) is 15.5 Å². The van der Waals surface area contributed by atoms with Crippen molar-refractivity contribution in [2.45, 2.75) is 38.3 Å². The molecular formula is C22H34N4O3. The van der Waals surface area contributed by atoms with Crippen molar-refractivity contribution in [3.63, 3.8) is 0 Å². The maximum atomic E-state index is 9.93. The van der Waals surface area contributed by atoms with Gasteiger partial charge in [-0.1, -0.05) is 6.92 Å². The van der Waals surface area contributed by atoms with Gasteiger partial charge in [0.25, 0.3) is 0 Å². The van der Waals surface area contributed by atoms with Crippen molar-refractivity contribution in [2.75, 3.05) is 47.1 Å². The molecule has 7 heteroatoms. The molecule has 1 aromatic rings. The molecule has 2 aliphatic heterocycles. The summed E-state index contributed by atoms with van der Waals surface area (Å²) >= 11 is 0. The zero-order valence-corrected chi connectivity index (χ0v) is 17.8. The van der Waals surface area contributed by atoms with Gasteiger partial charge in [-0.15, -0.1) is 0 Å². The molecule has 1 saturated heterocycles. The molecule has 0 saturated carbocycles. The maximum Gasteiger partial charge on any atom is 0.127 e. The average molecular weight is 403 g/mol. The van der Waals surface area contributed by atoms with E-state index < -0.39 is 6.10 Å². The minimum Gasteiger partial charge on any atom is -0.491 e. The van der Waals surface area contributed by atoms with Gasteiger partial charge in [-0.25, -0.2) is 4.99 Å². The van der Waals surface area contributed by atoms with Crippen LogP contribution in [0.25, 0.3) is 5.70 Å². The van der Waals surface area contributed by atoms with E-state index in [1.54, 1.807) is 0 Å². The molecule has 0 aliphatic carbocycles. The molecule has 3 rings (SSSR count). The minimum absolute atomic E-state index is 0.263. The fourth-order valence-corrected chi connectivity index (χ4v) is 3.68. The highest BCUT2D eigenvalue weighted by Crippen LogP contribution is 2.24. The van der Waals surface area contributed by atoms with Gasteiger partial charge in [-0.2, -0.15) is 0 Å². The molecule has 1 unspecified atom stereocenters. The summed E-state index contributed by atoms with van der Waals surface area (Å²) in [5, 5.41) is 16.3. The van der Waals surface area contributed by atoms with Crippen LogP contribution in [0.15, 0.2) is 29.3 Å². The lowest BCUT2D eigenvalue weighted by molar-refractivity contribution is 0.0606. The Labute approximate surface area is 173 Å². The zero-order valence-electron chi connectivity index (χ0n) is 17.8. The summed E-state index contributed by atoms with van der Waals surface area (Å²) < 4.78 is 11.4. The fourth-order valence-electron chi connectivity index (χ4n) is 3.68. The van der Waals surface area contributed by atoms with E-state index in [1.165, 1.54) is 5.56 Å². The standard InChI is InChI=1S/C22H34N4O3/c1-4-16-9-17(11-20(10-16)29-14-19(27)13-23-2)21-12-22(25-15-24-21)26(3)18-5-7-28-8-6-18/h9-12,18-19,23-24,27H,4-8,13-15H2,1-3H3. The van der Waals surface area contributed by atoms with Crippen molar-refractivity contribution in [2.24, 2.45) is 4.99 Å². The summed E-state index contributed by atoms with van der Waals surface area (Å²) in [7, 11) is 3.94. The Morgan fingerprint density at radius 2 is 2.14 bits per heavy atom. The summed E-state index contributed by atoms with van der Waals surface area (Å²) in [5.74, 6) is 1.78. The number of ether oxygens (including phenoxy) is 2. The average Bonchev–Trinajstić information content (AvgIpc) is 2.78. The molecule has 1 atom stereocenters. The van der Waals surface area contributed by atoms with E-state index >= 15 is 0 Å². The lowest BCUT2D eigenvalue weighted by atomic mass is 10.0. The van der Waals surface area contributed by atoms with Gasteiger partial charge in [0.05, 0.1) is 0 Å². The Hall–Kier alpha value is -2.09. The highest BCUT2D eigenvalue weighted by atomic mass is 16.5. The van der Waals surface area contributed by atoms with E-state index in [0.717, 1.165) is 55.3 Å². The van der Waals surface area contributed by atoms with E-state index in [2.05, 4.69) is 46.6 Å². The first kappa shape index (κ1) is 21.6. The van der Waals surface area contributed by atoms with Crippen LogP contribution in [0.4, 0.5) is 0 Å². The molecule has 29 heavy (non-hydrogen) atoms. The van der Waals surface area contributed by atoms with Gasteiger partial charge in [0, 0.05) is 50.2 Å². The first-order chi connectivity index (χ1) is 14.1. The summed E-state index contributed by atoms with van der Waals surface area (Å²) in [5.41, 5.74) is 3.32. The molecule has 2 heterocycles. The Balaban J connectivity index is 1.76. The highest BCUT2D eigenvalue weighted by Gasteiger charge is 2.22. The number of nitrogens with zero attached hydrogens (tertiary/aromatic N) is 2. The summed E-state index contributed by atoms with van der Waals surface area (Å²) in [6.45, 7) is 5.09. The molecular weight excluding hydrogens is 368 g/mol. The van der Waals surface area contributed by atoms with E-state index in [1.807, 2.05) is 19.2 Å². The lowest BCUT2D eigenvalue weighted by Gasteiger charge is -2.34. The number of amidine groups is 1. The highest BCUT2D eigenvalue weighted by molar-refractivity contribution is 6.00. The van der Waals surface area contributed by atoms with Crippen molar-refractivity contribution < 1.29 is 14.6 Å². The second-order valence-electron chi connectivity index (χ2n) is 7.61. The number of hydrogen-bond donors (Lipinski definition) is 3. The molecule has 0 spiro atoms. The van der Waals surface area contributed by atoms with Crippen molar-refractivity contribution in [3.8, 4) is 5.75 Å². The Morgan fingerprint density at radius 1 is 1.34 bits per heavy atom. The third-order valence-corrected chi connectivity index (χ3v) is 5.45. The van der Waals surface area contributed by atoms with Gasteiger partial charge in [0.1, 0.15) is 31.0 Å². The molecule has 3 N–H and O–H groups in total. The Morgan fingerprint density at radius 3 is 2.86 bits per heavy atom. The molecule has 1 aromatic carbocycles. The van der Waals surface area contributed by atoms with Gasteiger partial charge in [-0.3, -0.25) is 0 Å². The van der Waals surface area contributed by atoms with Crippen LogP contribution in [0, 0.1) is 0 Å². The van der Waals surface area contributed by atoms with Crippen molar-refractivity contribution in [1.29, 1.82) is 0 Å². The summed E-state index contributed by atoms with van der Waals surface area (Å²) in [4.78, 5) is 6.94. The van der Waals surface area contributed by atoms with Crippen LogP contribution in [0.5, 0.6) is 5.75 Å². The van der Waals surface area contributed by atoms with Gasteiger partial charge in [0.15, 0.2) is 0 Å². The Kier molecular flexibility index (Phi) is 7.91. The SMILES string of the molecule is CCc1cc(OCC(O)CNC)cc(C2=CC(N(C)C3CCOCC3)=NCN2)c1. The number of aryl methyl sites for hydroxylation is 1. The quantitative estimate of drug-likeness (QED) is 0.613. The summed E-state index contributed by atoms with van der Waals surface area (Å²) in [6.07, 6.45) is 4.56. The number of nitrogens with one attached hydrogen (secondary N) is 2. The van der Waals surface area contributed by atoms with Crippen LogP contribution in [0.1, 0.15) is 30.9 Å². The lowest BCUT2D eigenvalue weighted by Crippen LogP contribution is -2.41. The van der Waals surface area contributed by atoms with Gasteiger partial charge < -0.3 is 30.1 Å². The predicted molar refractivity (Wildman–Crippen MR) is 116 cm³/mol. The second kappa shape index (κ2) is 10.6. The molecule has 2 aliphatic rings. The number of aliphatic imine (C=N–C) groups is 1. The first-order valence-corrected chi connectivity index (χ1v) is 10.5. The van der Waals surface area contributed by atoms with Gasteiger partial charge >= 0.3 is 0 Å². The number of benzene rings is 1. The normalized spacial score (nSPS) is 18.5. The Bertz CT molecular complexity index is 729. The second-order valence-corrected chi connectivity index (χ2v) is 7.61. The first-order valence-electron chi connectivity index (χ1n) is 10.5. The molecule has 1 fully saturated rings. The fraction of sp³-hybridized carbons (Fsp3) is 0.591. The minimum atomic E-state index is -0.535. The number of aliphatic hydroxyl groups excluding tert-OH is 1. The van der Waals surface area contributed by atoms with E-state index in [-0.39, 0.29) is 6.61 Å². The van der Waals surface area contributed by atoms with Crippen LogP contribution in [0.3, 0.4) is 0 Å². The van der Waals surface area contributed by atoms with Crippen LogP contribution >= 0.6 is 0 Å². The molecule has 160 valence electrons. The van der Waals surface area contributed by atoms with Crippen molar-refractivity contribution in [3.05, 3.63) is 35.4 Å². The largest absolute Gasteiger partial charge is 0.491 e. The zero-order chi connectivity index (χ0) is 20.6. The van der Waals surface area contributed by atoms with Crippen LogP contribution in [0.2, 0.25) is 0 Å². The smallest absolute Gasteiger partial charge is 0.127 e. The van der Waals surface area contributed by atoms with E-state index in [4.69, 9.17) is 9.47 Å². The van der Waals surface area contributed by atoms with Gasteiger partial charge in [0.2, 0.25) is 0 Å².